The topological polar surface area (TPSA) is 56.1 Å². The predicted molar refractivity (Wildman–Crippen MR) is 53.6 cm³/mol. The highest BCUT2D eigenvalue weighted by atomic mass is 16.2. The van der Waals surface area contributed by atoms with Crippen LogP contribution < -0.4 is 5.32 Å². The molecular weight excluding hydrogens is 178 g/mol. The van der Waals surface area contributed by atoms with Crippen molar-refractivity contribution in [3.63, 3.8) is 0 Å². The van der Waals surface area contributed by atoms with Gasteiger partial charge >= 0.3 is 6.03 Å². The third-order valence-electron chi connectivity index (χ3n) is 2.31. The highest BCUT2D eigenvalue weighted by Crippen LogP contribution is 2.12. The second-order valence-corrected chi connectivity index (χ2v) is 4.13. The van der Waals surface area contributed by atoms with Gasteiger partial charge in [0.2, 0.25) is 0 Å². The van der Waals surface area contributed by atoms with Gasteiger partial charge in [-0.2, -0.15) is 5.26 Å². The Kier molecular flexibility index (Phi) is 3.75. The van der Waals surface area contributed by atoms with Gasteiger partial charge in [0, 0.05) is 19.1 Å². The molecule has 1 unspecified atom stereocenters. The molecule has 1 fully saturated rings. The van der Waals surface area contributed by atoms with Gasteiger partial charge in [-0.25, -0.2) is 4.79 Å². The normalized spacial score (nSPS) is 21.1. The summed E-state index contributed by atoms with van der Waals surface area (Å²) in [6.07, 6.45) is 1.43. The molecule has 78 valence electrons. The second-order valence-electron chi connectivity index (χ2n) is 4.13. The number of carbonyl (C=O) groups excluding carboxylic acids is 1. The molecule has 1 saturated heterocycles. The van der Waals surface area contributed by atoms with Crippen LogP contribution in [0.5, 0.6) is 0 Å². The number of rotatable bonds is 4. The van der Waals surface area contributed by atoms with Crippen molar-refractivity contribution in [3.8, 4) is 6.07 Å². The molecule has 1 rings (SSSR count). The summed E-state index contributed by atoms with van der Waals surface area (Å²) < 4.78 is 0. The summed E-state index contributed by atoms with van der Waals surface area (Å²) >= 11 is 0. The van der Waals surface area contributed by atoms with Crippen LogP contribution in [0.1, 0.15) is 26.7 Å². The van der Waals surface area contributed by atoms with Crippen LogP contribution in [0.4, 0.5) is 4.79 Å². The third-order valence-corrected chi connectivity index (χ3v) is 2.31. The fourth-order valence-corrected chi connectivity index (χ4v) is 1.74. The van der Waals surface area contributed by atoms with Crippen molar-refractivity contribution in [2.45, 2.75) is 32.7 Å². The van der Waals surface area contributed by atoms with Crippen molar-refractivity contribution in [1.29, 1.82) is 5.26 Å². The number of nitrogens with zero attached hydrogens (tertiary/aromatic N) is 2. The van der Waals surface area contributed by atoms with Crippen LogP contribution in [0, 0.1) is 17.2 Å². The van der Waals surface area contributed by atoms with Crippen LogP contribution in [-0.4, -0.2) is 30.1 Å². The lowest BCUT2D eigenvalue weighted by molar-refractivity contribution is 0.218. The molecule has 0 radical (unpaired) electrons. The van der Waals surface area contributed by atoms with Crippen molar-refractivity contribution >= 4 is 6.03 Å². The molecular formula is C10H17N3O. The lowest BCUT2D eigenvalue weighted by Crippen LogP contribution is -2.29. The van der Waals surface area contributed by atoms with Gasteiger partial charge < -0.3 is 10.2 Å². The van der Waals surface area contributed by atoms with Crippen molar-refractivity contribution in [3.05, 3.63) is 0 Å². The van der Waals surface area contributed by atoms with Gasteiger partial charge in [-0.15, -0.1) is 0 Å². The number of nitriles is 1. The molecule has 0 aliphatic carbocycles. The first kappa shape index (κ1) is 10.8. The van der Waals surface area contributed by atoms with Gasteiger partial charge in [0.05, 0.1) is 12.5 Å². The maximum atomic E-state index is 11.4. The zero-order valence-corrected chi connectivity index (χ0v) is 8.79. The van der Waals surface area contributed by atoms with Crippen LogP contribution in [0.15, 0.2) is 0 Å². The van der Waals surface area contributed by atoms with E-state index in [1.165, 1.54) is 0 Å². The minimum Gasteiger partial charge on any atom is -0.333 e. The fraction of sp³-hybridized carbons (Fsp3) is 0.800. The summed E-state index contributed by atoms with van der Waals surface area (Å²) in [4.78, 5) is 13.1. The summed E-state index contributed by atoms with van der Waals surface area (Å²) in [6.45, 7) is 5.59. The maximum Gasteiger partial charge on any atom is 0.317 e. The van der Waals surface area contributed by atoms with Gasteiger partial charge in [-0.1, -0.05) is 13.8 Å². The molecule has 1 atom stereocenters. The molecule has 1 N–H and O–H groups in total. The Morgan fingerprint density at radius 2 is 2.43 bits per heavy atom. The third kappa shape index (κ3) is 2.91. The Bertz CT molecular complexity index is 244. The van der Waals surface area contributed by atoms with Gasteiger partial charge in [0.1, 0.15) is 0 Å². The van der Waals surface area contributed by atoms with E-state index in [1.807, 2.05) is 6.07 Å². The summed E-state index contributed by atoms with van der Waals surface area (Å²) in [5, 5.41) is 11.3. The summed E-state index contributed by atoms with van der Waals surface area (Å²) in [5.41, 5.74) is 0. The predicted octanol–water partition coefficient (Wildman–Crippen LogP) is 1.34. The van der Waals surface area contributed by atoms with E-state index < -0.39 is 0 Å². The Hall–Kier alpha value is -1.24. The minimum atomic E-state index is -0.0223. The standard InChI is InChI=1S/C10H17N3O/c1-8(2)6-9-7-13(5-3-4-11)10(14)12-9/h8-9H,3,5-7H2,1-2H3,(H,12,14). The van der Waals surface area contributed by atoms with E-state index in [1.54, 1.807) is 4.90 Å². The summed E-state index contributed by atoms with van der Waals surface area (Å²) in [6, 6.07) is 2.29. The molecule has 4 nitrogen and oxygen atoms in total. The van der Waals surface area contributed by atoms with Crippen molar-refractivity contribution < 1.29 is 4.79 Å². The van der Waals surface area contributed by atoms with Crippen LogP contribution >= 0.6 is 0 Å². The van der Waals surface area contributed by atoms with Crippen molar-refractivity contribution in [2.24, 2.45) is 5.92 Å². The van der Waals surface area contributed by atoms with E-state index in [9.17, 15) is 4.79 Å². The number of hydrogen-bond acceptors (Lipinski definition) is 2. The first-order valence-electron chi connectivity index (χ1n) is 5.06. The average Bonchev–Trinajstić information content (AvgIpc) is 2.41. The molecule has 2 amide bonds. The quantitative estimate of drug-likeness (QED) is 0.736. The van der Waals surface area contributed by atoms with E-state index in [4.69, 9.17) is 5.26 Å². The summed E-state index contributed by atoms with van der Waals surface area (Å²) in [7, 11) is 0. The van der Waals surface area contributed by atoms with Crippen LogP contribution in [0.3, 0.4) is 0 Å². The first-order chi connectivity index (χ1) is 6.63. The van der Waals surface area contributed by atoms with Gasteiger partial charge in [-0.3, -0.25) is 0 Å². The molecule has 14 heavy (non-hydrogen) atoms. The number of hydrogen-bond donors (Lipinski definition) is 1. The highest BCUT2D eigenvalue weighted by molar-refractivity contribution is 5.76. The number of carbonyl (C=O) groups is 1. The van der Waals surface area contributed by atoms with E-state index >= 15 is 0 Å². The molecule has 0 saturated carbocycles. The molecule has 0 aromatic carbocycles. The largest absolute Gasteiger partial charge is 0.333 e. The Morgan fingerprint density at radius 3 is 3.00 bits per heavy atom. The van der Waals surface area contributed by atoms with Crippen LogP contribution in [0.2, 0.25) is 0 Å². The molecule has 0 aromatic rings. The van der Waals surface area contributed by atoms with Crippen LogP contribution in [0.25, 0.3) is 0 Å². The highest BCUT2D eigenvalue weighted by Gasteiger charge is 2.28. The molecule has 1 aliphatic rings. The van der Waals surface area contributed by atoms with Crippen LogP contribution in [-0.2, 0) is 0 Å². The monoisotopic (exact) mass is 195 g/mol. The molecule has 4 heteroatoms. The number of amides is 2. The van der Waals surface area contributed by atoms with E-state index in [2.05, 4.69) is 19.2 Å². The first-order valence-corrected chi connectivity index (χ1v) is 5.06. The van der Waals surface area contributed by atoms with Gasteiger partial charge in [0.15, 0.2) is 0 Å². The Balaban J connectivity index is 2.36. The molecule has 0 spiro atoms. The van der Waals surface area contributed by atoms with Gasteiger partial charge in [-0.05, 0) is 12.3 Å². The molecule has 0 aromatic heterocycles. The van der Waals surface area contributed by atoms with Gasteiger partial charge in [0.25, 0.3) is 0 Å². The van der Waals surface area contributed by atoms with Crippen molar-refractivity contribution in [2.75, 3.05) is 13.1 Å². The van der Waals surface area contributed by atoms with E-state index in [0.717, 1.165) is 13.0 Å². The number of nitrogens with one attached hydrogen (secondary N) is 1. The lowest BCUT2D eigenvalue weighted by atomic mass is 10.0. The smallest absolute Gasteiger partial charge is 0.317 e. The Labute approximate surface area is 84.9 Å². The average molecular weight is 195 g/mol. The van der Waals surface area contributed by atoms with Crippen molar-refractivity contribution in [1.82, 2.24) is 10.2 Å². The molecule has 1 heterocycles. The zero-order chi connectivity index (χ0) is 10.6. The number of urea groups is 1. The lowest BCUT2D eigenvalue weighted by Gasteiger charge is -2.13. The second kappa shape index (κ2) is 4.85. The Morgan fingerprint density at radius 1 is 1.71 bits per heavy atom. The molecule has 0 bridgehead atoms. The molecule has 1 aliphatic heterocycles. The SMILES string of the molecule is CC(C)CC1CN(CCC#N)C(=O)N1. The zero-order valence-electron chi connectivity index (χ0n) is 8.79. The minimum absolute atomic E-state index is 0.0223. The maximum absolute atomic E-state index is 11.4. The fourth-order valence-electron chi connectivity index (χ4n) is 1.74. The van der Waals surface area contributed by atoms with E-state index in [0.29, 0.717) is 18.9 Å². The van der Waals surface area contributed by atoms with E-state index in [-0.39, 0.29) is 12.1 Å². The summed E-state index contributed by atoms with van der Waals surface area (Å²) in [5.74, 6) is 0.594.